The van der Waals surface area contributed by atoms with Crippen molar-refractivity contribution in [2.75, 3.05) is 12.4 Å². The van der Waals surface area contributed by atoms with E-state index in [9.17, 15) is 0 Å². The van der Waals surface area contributed by atoms with Crippen molar-refractivity contribution in [3.63, 3.8) is 0 Å². The summed E-state index contributed by atoms with van der Waals surface area (Å²) in [5.74, 6) is 0.837. The minimum Gasteiger partial charge on any atom is -0.497 e. The van der Waals surface area contributed by atoms with Crippen molar-refractivity contribution in [2.24, 2.45) is 0 Å². The zero-order valence-electron chi connectivity index (χ0n) is 13.8. The van der Waals surface area contributed by atoms with Gasteiger partial charge in [-0.15, -0.1) is 0 Å². The Balaban J connectivity index is 1.74. The van der Waals surface area contributed by atoms with E-state index in [1.54, 1.807) is 7.11 Å². The van der Waals surface area contributed by atoms with Gasteiger partial charge in [0.25, 0.3) is 0 Å². The van der Waals surface area contributed by atoms with Gasteiger partial charge in [-0.2, -0.15) is 0 Å². The Hall–Kier alpha value is -2.30. The third kappa shape index (κ3) is 3.28. The molecule has 0 saturated heterocycles. The zero-order chi connectivity index (χ0) is 17.2. The molecule has 1 aliphatic heterocycles. The van der Waals surface area contributed by atoms with E-state index in [1.165, 1.54) is 0 Å². The van der Waals surface area contributed by atoms with E-state index in [2.05, 4.69) is 45.5 Å². The summed E-state index contributed by atoms with van der Waals surface area (Å²) in [6.07, 6.45) is -0.341. The molecular formula is C21H18BrNO2. The number of anilines is 1. The number of rotatable bonds is 3. The van der Waals surface area contributed by atoms with E-state index < -0.39 is 0 Å². The minimum absolute atomic E-state index is 0.123. The molecule has 3 nitrogen and oxygen atoms in total. The molecule has 1 N–H and O–H groups in total. The molecule has 1 heterocycles. The molecule has 3 aromatic carbocycles. The molecule has 0 fully saturated rings. The molecule has 0 radical (unpaired) electrons. The molecule has 4 rings (SSSR count). The second-order valence-electron chi connectivity index (χ2n) is 5.96. The second-order valence-corrected chi connectivity index (χ2v) is 6.87. The molecule has 25 heavy (non-hydrogen) atoms. The number of halogens is 1. The van der Waals surface area contributed by atoms with Gasteiger partial charge in [-0.25, -0.2) is 0 Å². The second kappa shape index (κ2) is 6.90. The van der Waals surface area contributed by atoms with Crippen molar-refractivity contribution in [2.45, 2.75) is 12.3 Å². The van der Waals surface area contributed by atoms with Crippen LogP contribution in [0.25, 0.3) is 0 Å². The van der Waals surface area contributed by atoms with E-state index in [1.807, 2.05) is 48.5 Å². The molecule has 2 atom stereocenters. The van der Waals surface area contributed by atoms with Crippen LogP contribution in [0, 0.1) is 0 Å². The van der Waals surface area contributed by atoms with Gasteiger partial charge in [0, 0.05) is 21.3 Å². The van der Waals surface area contributed by atoms with Crippen LogP contribution in [-0.2, 0) is 4.74 Å². The quantitative estimate of drug-likeness (QED) is 0.617. The Kier molecular flexibility index (Phi) is 4.47. The van der Waals surface area contributed by atoms with Gasteiger partial charge in [0.1, 0.15) is 11.9 Å². The van der Waals surface area contributed by atoms with E-state index in [4.69, 9.17) is 9.47 Å². The third-order valence-corrected chi connectivity index (χ3v) is 4.87. The lowest BCUT2D eigenvalue weighted by molar-refractivity contribution is 0.0157. The molecule has 126 valence electrons. The first-order chi connectivity index (χ1) is 12.2. The highest BCUT2D eigenvalue weighted by Gasteiger charge is 2.29. The van der Waals surface area contributed by atoms with Gasteiger partial charge in [0.15, 0.2) is 6.23 Å². The summed E-state index contributed by atoms with van der Waals surface area (Å²) < 4.78 is 12.7. The lowest BCUT2D eigenvalue weighted by Gasteiger charge is -2.34. The van der Waals surface area contributed by atoms with Crippen LogP contribution in [-0.4, -0.2) is 7.11 Å². The Morgan fingerprint density at radius 3 is 2.40 bits per heavy atom. The standard InChI is InChI=1S/C21H18BrNO2/c1-24-17-10-7-15(8-11-17)21-23-19-12-9-16(22)13-18(19)20(25-21)14-5-3-2-4-6-14/h2-13,20-21,23H,1H3/t20-,21-/m1/s1. The average Bonchev–Trinajstić information content (AvgIpc) is 2.68. The monoisotopic (exact) mass is 395 g/mol. The maximum Gasteiger partial charge on any atom is 0.155 e. The fourth-order valence-corrected chi connectivity index (χ4v) is 3.47. The normalized spacial score (nSPS) is 19.0. The van der Waals surface area contributed by atoms with Crippen LogP contribution in [0.15, 0.2) is 77.3 Å². The smallest absolute Gasteiger partial charge is 0.155 e. The fraction of sp³-hybridized carbons (Fsp3) is 0.143. The minimum atomic E-state index is -0.218. The molecule has 4 heteroatoms. The number of benzene rings is 3. The van der Waals surface area contributed by atoms with Crippen LogP contribution in [0.2, 0.25) is 0 Å². The molecule has 0 aromatic heterocycles. The van der Waals surface area contributed by atoms with Crippen molar-refractivity contribution in [3.05, 3.63) is 94.0 Å². The molecule has 3 aromatic rings. The number of hydrogen-bond acceptors (Lipinski definition) is 3. The Morgan fingerprint density at radius 2 is 1.68 bits per heavy atom. The first kappa shape index (κ1) is 16.2. The highest BCUT2D eigenvalue weighted by atomic mass is 79.9. The SMILES string of the molecule is COc1ccc([C@@H]2Nc3ccc(Br)cc3[C@@H](c3ccccc3)O2)cc1. The van der Waals surface area contributed by atoms with Gasteiger partial charge < -0.3 is 14.8 Å². The first-order valence-corrected chi connectivity index (χ1v) is 8.94. The summed E-state index contributed by atoms with van der Waals surface area (Å²) >= 11 is 3.57. The average molecular weight is 396 g/mol. The summed E-state index contributed by atoms with van der Waals surface area (Å²) in [5.41, 5.74) is 4.42. The van der Waals surface area contributed by atoms with Crippen LogP contribution in [0.5, 0.6) is 5.75 Å². The number of hydrogen-bond donors (Lipinski definition) is 1. The first-order valence-electron chi connectivity index (χ1n) is 8.15. The van der Waals surface area contributed by atoms with Crippen molar-refractivity contribution < 1.29 is 9.47 Å². The molecule has 0 amide bonds. The molecule has 0 aliphatic carbocycles. The third-order valence-electron chi connectivity index (χ3n) is 4.38. The Labute approximate surface area is 155 Å². The van der Waals surface area contributed by atoms with E-state index in [0.29, 0.717) is 0 Å². The topological polar surface area (TPSA) is 30.5 Å². The Morgan fingerprint density at radius 1 is 0.920 bits per heavy atom. The van der Waals surface area contributed by atoms with Gasteiger partial charge in [-0.3, -0.25) is 0 Å². The van der Waals surface area contributed by atoms with Crippen LogP contribution >= 0.6 is 15.9 Å². The highest BCUT2D eigenvalue weighted by Crippen LogP contribution is 2.42. The van der Waals surface area contributed by atoms with E-state index in [0.717, 1.165) is 32.6 Å². The molecule has 1 aliphatic rings. The summed E-state index contributed by atoms with van der Waals surface area (Å²) in [7, 11) is 1.67. The maximum absolute atomic E-state index is 6.44. The highest BCUT2D eigenvalue weighted by molar-refractivity contribution is 9.10. The van der Waals surface area contributed by atoms with Crippen LogP contribution in [0.1, 0.15) is 29.0 Å². The molecular weight excluding hydrogens is 378 g/mol. The van der Waals surface area contributed by atoms with Crippen molar-refractivity contribution in [1.29, 1.82) is 0 Å². The summed E-state index contributed by atoms with van der Waals surface area (Å²) in [4.78, 5) is 0. The number of methoxy groups -OCH3 is 1. The molecule has 0 saturated carbocycles. The zero-order valence-corrected chi connectivity index (χ0v) is 15.4. The fourth-order valence-electron chi connectivity index (χ4n) is 3.09. The summed E-state index contributed by atoms with van der Waals surface area (Å²) in [6.45, 7) is 0. The number of fused-ring (bicyclic) bond motifs is 1. The predicted molar refractivity (Wildman–Crippen MR) is 103 cm³/mol. The Bertz CT molecular complexity index is 865. The lowest BCUT2D eigenvalue weighted by Crippen LogP contribution is -2.25. The summed E-state index contributed by atoms with van der Waals surface area (Å²) in [6, 6.07) is 24.5. The predicted octanol–water partition coefficient (Wildman–Crippen LogP) is 5.69. The number of nitrogens with one attached hydrogen (secondary N) is 1. The van der Waals surface area contributed by atoms with Crippen molar-refractivity contribution >= 4 is 21.6 Å². The molecule has 0 spiro atoms. The molecule has 0 unspecified atom stereocenters. The number of ether oxygens (including phenoxy) is 2. The van der Waals surface area contributed by atoms with Gasteiger partial charge in [-0.05, 0) is 35.9 Å². The maximum atomic E-state index is 6.44. The van der Waals surface area contributed by atoms with Gasteiger partial charge in [-0.1, -0.05) is 58.4 Å². The van der Waals surface area contributed by atoms with E-state index in [-0.39, 0.29) is 12.3 Å². The van der Waals surface area contributed by atoms with Crippen LogP contribution < -0.4 is 10.1 Å². The van der Waals surface area contributed by atoms with Crippen molar-refractivity contribution in [3.8, 4) is 5.75 Å². The van der Waals surface area contributed by atoms with Crippen LogP contribution in [0.3, 0.4) is 0 Å². The van der Waals surface area contributed by atoms with Gasteiger partial charge >= 0.3 is 0 Å². The van der Waals surface area contributed by atoms with Gasteiger partial charge in [0.2, 0.25) is 0 Å². The lowest BCUT2D eigenvalue weighted by atomic mass is 9.97. The summed E-state index contributed by atoms with van der Waals surface area (Å²) in [5, 5.41) is 3.49. The van der Waals surface area contributed by atoms with Gasteiger partial charge in [0.05, 0.1) is 7.11 Å². The molecule has 0 bridgehead atoms. The largest absolute Gasteiger partial charge is 0.497 e. The van der Waals surface area contributed by atoms with E-state index >= 15 is 0 Å². The van der Waals surface area contributed by atoms with Crippen LogP contribution in [0.4, 0.5) is 5.69 Å². The van der Waals surface area contributed by atoms with Crippen molar-refractivity contribution in [1.82, 2.24) is 0 Å².